The van der Waals surface area contributed by atoms with Crippen molar-refractivity contribution < 1.29 is 0 Å². The lowest BCUT2D eigenvalue weighted by molar-refractivity contribution is 0.674. The highest BCUT2D eigenvalue weighted by Crippen LogP contribution is 2.36. The van der Waals surface area contributed by atoms with Gasteiger partial charge in [-0.1, -0.05) is 134 Å². The van der Waals surface area contributed by atoms with Crippen LogP contribution in [0.25, 0.3) is 55.3 Å². The minimum Gasteiger partial charge on any atom is -0.309 e. The topological polar surface area (TPSA) is 17.0 Å². The van der Waals surface area contributed by atoms with E-state index >= 15 is 0 Å². The molecule has 7 aromatic rings. The number of fused-ring (bicyclic) bond motifs is 3. The van der Waals surface area contributed by atoms with Crippen LogP contribution in [-0.2, 0) is 6.54 Å². The van der Waals surface area contributed by atoms with Crippen molar-refractivity contribution in [2.24, 2.45) is 0 Å². The highest BCUT2D eigenvalue weighted by atomic mass is 15.0. The molecule has 7 rings (SSSR count). The molecule has 0 bridgehead atoms. The molecule has 1 aromatic heterocycles. The minimum absolute atomic E-state index is 0.249. The van der Waals surface area contributed by atoms with E-state index in [1.807, 2.05) is 24.3 Å². The Morgan fingerprint density at radius 2 is 1.41 bits per heavy atom. The quantitative estimate of drug-likeness (QED) is 0.114. The third kappa shape index (κ3) is 6.86. The average molecular weight is 659 g/mol. The molecule has 2 nitrogen and oxygen atoms in total. The second kappa shape index (κ2) is 14.8. The lowest BCUT2D eigenvalue weighted by Crippen LogP contribution is -2.28. The van der Waals surface area contributed by atoms with Crippen molar-refractivity contribution in [3.63, 3.8) is 0 Å². The third-order valence-electron chi connectivity index (χ3n) is 9.81. The Kier molecular flexibility index (Phi) is 9.66. The van der Waals surface area contributed by atoms with Crippen molar-refractivity contribution in [1.29, 1.82) is 0 Å². The minimum atomic E-state index is -0.249. The van der Waals surface area contributed by atoms with Crippen LogP contribution >= 0.6 is 0 Å². The molecule has 51 heavy (non-hydrogen) atoms. The second-order valence-corrected chi connectivity index (χ2v) is 13.2. The van der Waals surface area contributed by atoms with Crippen LogP contribution in [0, 0.1) is 26.2 Å². The van der Waals surface area contributed by atoms with E-state index in [9.17, 15) is 0 Å². The second-order valence-electron chi connectivity index (χ2n) is 13.2. The maximum Gasteiger partial charge on any atom is 0.0945 e. The fraction of sp³-hybridized carbons (Fsp3) is 0.102. The SMILES string of the molecule is C#CC(NCc1ccccc1)C(/C=C(\C)c1ccc2c(c1)c1ccccc1n2-c1ccc(-c2ccc(C)c(-c3ccccc3C)c2)cc1)=C/C=C. The van der Waals surface area contributed by atoms with Gasteiger partial charge in [0.05, 0.1) is 17.1 Å². The molecular formula is C49H42N2. The lowest BCUT2D eigenvalue weighted by atomic mass is 9.93. The number of aromatic nitrogens is 1. The number of aryl methyl sites for hydroxylation is 2. The van der Waals surface area contributed by atoms with Crippen LogP contribution in [0.3, 0.4) is 0 Å². The highest BCUT2D eigenvalue weighted by molar-refractivity contribution is 6.10. The van der Waals surface area contributed by atoms with Crippen LogP contribution in [-0.4, -0.2) is 10.6 Å². The Morgan fingerprint density at radius 3 is 2.18 bits per heavy atom. The molecule has 1 N–H and O–H groups in total. The summed E-state index contributed by atoms with van der Waals surface area (Å²) in [5, 5.41) is 5.97. The number of hydrogen-bond acceptors (Lipinski definition) is 1. The number of nitrogens with zero attached hydrogens (tertiary/aromatic N) is 1. The molecule has 0 fully saturated rings. The van der Waals surface area contributed by atoms with E-state index in [-0.39, 0.29) is 6.04 Å². The molecule has 1 atom stereocenters. The fourth-order valence-corrected chi connectivity index (χ4v) is 7.05. The van der Waals surface area contributed by atoms with Crippen molar-refractivity contribution >= 4 is 27.4 Å². The smallest absolute Gasteiger partial charge is 0.0945 e. The summed E-state index contributed by atoms with van der Waals surface area (Å²) in [5.41, 5.74) is 15.5. The molecule has 0 aliphatic heterocycles. The van der Waals surface area contributed by atoms with E-state index in [1.54, 1.807) is 6.08 Å². The van der Waals surface area contributed by atoms with Gasteiger partial charge in [0.15, 0.2) is 0 Å². The van der Waals surface area contributed by atoms with Crippen LogP contribution in [0.4, 0.5) is 0 Å². The molecule has 0 aliphatic rings. The summed E-state index contributed by atoms with van der Waals surface area (Å²) in [6, 6.07) is 49.8. The van der Waals surface area contributed by atoms with Gasteiger partial charge in [0.2, 0.25) is 0 Å². The van der Waals surface area contributed by atoms with E-state index in [2.05, 4.69) is 171 Å². The summed E-state index contributed by atoms with van der Waals surface area (Å²) < 4.78 is 2.37. The van der Waals surface area contributed by atoms with Gasteiger partial charge in [-0.25, -0.2) is 0 Å². The summed E-state index contributed by atoms with van der Waals surface area (Å²) in [5.74, 6) is 2.94. The van der Waals surface area contributed by atoms with Crippen molar-refractivity contribution in [2.75, 3.05) is 0 Å². The lowest BCUT2D eigenvalue weighted by Gasteiger charge is -2.16. The molecule has 0 aliphatic carbocycles. The van der Waals surface area contributed by atoms with E-state index in [1.165, 1.54) is 60.8 Å². The van der Waals surface area contributed by atoms with Gasteiger partial charge in [-0.2, -0.15) is 0 Å². The summed E-state index contributed by atoms with van der Waals surface area (Å²) in [6.45, 7) is 11.2. The monoisotopic (exact) mass is 658 g/mol. The van der Waals surface area contributed by atoms with Crippen LogP contribution in [0.15, 0.2) is 170 Å². The van der Waals surface area contributed by atoms with Crippen molar-refractivity contribution in [2.45, 2.75) is 33.4 Å². The first-order valence-electron chi connectivity index (χ1n) is 17.5. The molecular weight excluding hydrogens is 617 g/mol. The van der Waals surface area contributed by atoms with Gasteiger partial charge < -0.3 is 4.57 Å². The summed E-state index contributed by atoms with van der Waals surface area (Å²) in [4.78, 5) is 0. The normalized spacial score (nSPS) is 12.6. The third-order valence-corrected chi connectivity index (χ3v) is 9.81. The largest absolute Gasteiger partial charge is 0.309 e. The van der Waals surface area contributed by atoms with Gasteiger partial charge >= 0.3 is 0 Å². The van der Waals surface area contributed by atoms with Crippen molar-refractivity contribution in [3.05, 3.63) is 192 Å². The molecule has 0 radical (unpaired) electrons. The molecule has 0 saturated heterocycles. The molecule has 1 unspecified atom stereocenters. The van der Waals surface area contributed by atoms with Gasteiger partial charge in [0.25, 0.3) is 0 Å². The predicted octanol–water partition coefficient (Wildman–Crippen LogP) is 12.0. The van der Waals surface area contributed by atoms with Gasteiger partial charge in [-0.05, 0) is 113 Å². The van der Waals surface area contributed by atoms with Crippen LogP contribution < -0.4 is 5.32 Å². The molecule has 248 valence electrons. The van der Waals surface area contributed by atoms with Gasteiger partial charge in [0.1, 0.15) is 0 Å². The van der Waals surface area contributed by atoms with E-state index in [0.717, 1.165) is 22.4 Å². The summed E-state index contributed by atoms with van der Waals surface area (Å²) >= 11 is 0. The average Bonchev–Trinajstić information content (AvgIpc) is 3.50. The maximum atomic E-state index is 6.04. The number of allylic oxidation sites excluding steroid dienone is 3. The number of hydrogen-bond donors (Lipinski definition) is 1. The summed E-state index contributed by atoms with van der Waals surface area (Å²) in [6.07, 6.45) is 12.0. The fourth-order valence-electron chi connectivity index (χ4n) is 7.05. The molecule has 0 amide bonds. The highest BCUT2D eigenvalue weighted by Gasteiger charge is 2.15. The first-order valence-corrected chi connectivity index (χ1v) is 17.5. The van der Waals surface area contributed by atoms with Crippen LogP contribution in [0.5, 0.6) is 0 Å². The Labute approximate surface area is 302 Å². The Hall–Kier alpha value is -6.14. The Balaban J connectivity index is 1.22. The van der Waals surface area contributed by atoms with Crippen molar-refractivity contribution in [3.8, 4) is 40.3 Å². The van der Waals surface area contributed by atoms with Gasteiger partial charge in [0, 0.05) is 23.0 Å². The van der Waals surface area contributed by atoms with Crippen LogP contribution in [0.1, 0.15) is 29.2 Å². The number of para-hydroxylation sites is 1. The first-order chi connectivity index (χ1) is 24.9. The molecule has 0 saturated carbocycles. The van der Waals surface area contributed by atoms with E-state index in [4.69, 9.17) is 6.42 Å². The molecule has 2 heteroatoms. The van der Waals surface area contributed by atoms with Crippen LogP contribution in [0.2, 0.25) is 0 Å². The standard InChI is InChI=1S/C49H42N2/c1-6-15-41(47(7-2)50-33-37-17-9-8-10-18-37)30-36(5)39-26-29-49-46(31-39)44-20-13-14-21-48(44)51(49)42-27-24-38(25-28-42)40-23-22-35(4)45(32-40)43-19-12-11-16-34(43)3/h2,6,8-32,47,50H,1,33H2,3-5H3/b36-30+,41-15+. The molecule has 0 spiro atoms. The molecule has 1 heterocycles. The van der Waals surface area contributed by atoms with E-state index in [0.29, 0.717) is 6.54 Å². The zero-order valence-corrected chi connectivity index (χ0v) is 29.5. The Bertz CT molecular complexity index is 2470. The summed E-state index contributed by atoms with van der Waals surface area (Å²) in [7, 11) is 0. The van der Waals surface area contributed by atoms with Gasteiger partial charge in [-0.15, -0.1) is 6.42 Å². The first kappa shape index (κ1) is 33.4. The van der Waals surface area contributed by atoms with E-state index < -0.39 is 0 Å². The maximum absolute atomic E-state index is 6.04. The number of nitrogens with one attached hydrogen (secondary N) is 1. The number of rotatable bonds is 10. The zero-order valence-electron chi connectivity index (χ0n) is 29.5. The number of benzene rings is 6. The predicted molar refractivity (Wildman–Crippen MR) is 219 cm³/mol. The number of terminal acetylenes is 1. The van der Waals surface area contributed by atoms with Gasteiger partial charge in [-0.3, -0.25) is 5.32 Å². The zero-order chi connectivity index (χ0) is 35.3. The Morgan fingerprint density at radius 1 is 0.725 bits per heavy atom. The van der Waals surface area contributed by atoms with Crippen molar-refractivity contribution in [1.82, 2.24) is 9.88 Å². The molecule has 6 aromatic carbocycles.